The number of hydrogen-bond acceptors (Lipinski definition) is 5. The van der Waals surface area contributed by atoms with Crippen molar-refractivity contribution in [2.45, 2.75) is 17.5 Å². The molecular weight excluding hydrogens is 474 g/mol. The lowest BCUT2D eigenvalue weighted by Gasteiger charge is -2.08. The van der Waals surface area contributed by atoms with E-state index in [9.17, 15) is 34.8 Å². The molecule has 0 fully saturated rings. The average molecular weight is 486 g/mol. The van der Waals surface area contributed by atoms with E-state index in [4.69, 9.17) is 0 Å². The predicted octanol–water partition coefficient (Wildman–Crippen LogP) is 4.90. The van der Waals surface area contributed by atoms with Crippen molar-refractivity contribution in [2.24, 2.45) is 0 Å². The summed E-state index contributed by atoms with van der Waals surface area (Å²) in [5.74, 6) is 0. The van der Waals surface area contributed by atoms with Crippen LogP contribution in [0.1, 0.15) is 11.1 Å². The Morgan fingerprint density at radius 1 is 0.848 bits per heavy atom. The zero-order valence-corrected chi connectivity index (χ0v) is 17.3. The summed E-state index contributed by atoms with van der Waals surface area (Å²) < 4.78 is 103. The largest absolute Gasteiger partial charge is 0.417 e. The highest BCUT2D eigenvalue weighted by Gasteiger charge is 2.32. The van der Waals surface area contributed by atoms with E-state index < -0.39 is 38.5 Å². The third-order valence-corrected chi connectivity index (χ3v) is 5.52. The van der Waals surface area contributed by atoms with E-state index in [1.54, 1.807) is 0 Å². The number of nitrogens with zero attached hydrogens (tertiary/aromatic N) is 4. The molecule has 6 nitrogen and oxygen atoms in total. The molecule has 0 bridgehead atoms. The van der Waals surface area contributed by atoms with Crippen molar-refractivity contribution in [1.29, 1.82) is 0 Å². The van der Waals surface area contributed by atoms with Gasteiger partial charge >= 0.3 is 12.4 Å². The van der Waals surface area contributed by atoms with Crippen LogP contribution in [-0.2, 0) is 22.2 Å². The van der Waals surface area contributed by atoms with Crippen LogP contribution in [0.25, 0.3) is 28.0 Å². The van der Waals surface area contributed by atoms with Crippen LogP contribution in [0.3, 0.4) is 0 Å². The van der Waals surface area contributed by atoms with Crippen LogP contribution < -0.4 is 0 Å². The van der Waals surface area contributed by atoms with E-state index in [2.05, 4.69) is 15.1 Å². The van der Waals surface area contributed by atoms with Crippen LogP contribution in [0.15, 0.2) is 60.0 Å². The van der Waals surface area contributed by atoms with Crippen molar-refractivity contribution >= 4 is 15.4 Å². The number of pyridine rings is 1. The summed E-state index contributed by atoms with van der Waals surface area (Å²) in [7, 11) is -3.82. The van der Waals surface area contributed by atoms with Gasteiger partial charge < -0.3 is 0 Å². The molecule has 13 heteroatoms. The maximum absolute atomic E-state index is 13.2. The van der Waals surface area contributed by atoms with Gasteiger partial charge in [0.05, 0.1) is 27.9 Å². The molecule has 1 aromatic carbocycles. The lowest BCUT2D eigenvalue weighted by Crippen LogP contribution is -2.06. The maximum Gasteiger partial charge on any atom is 0.417 e. The molecule has 0 atom stereocenters. The topological polar surface area (TPSA) is 77.2 Å². The smallest absolute Gasteiger partial charge is 0.239 e. The lowest BCUT2D eigenvalue weighted by molar-refractivity contribution is -0.138. The van der Waals surface area contributed by atoms with Gasteiger partial charge in [-0.25, -0.2) is 22.9 Å². The SMILES string of the molecule is CS(=O)(=O)c1nccc(-c2c(-c3ccc(C(F)(F)F)cc3)nn3cc(C(F)(F)F)ccc23)n1. The number of sulfone groups is 1. The molecule has 0 saturated carbocycles. The van der Waals surface area contributed by atoms with Crippen LogP contribution in [0.2, 0.25) is 0 Å². The van der Waals surface area contributed by atoms with Crippen molar-refractivity contribution in [3.05, 3.63) is 66.0 Å². The Hall–Kier alpha value is -3.48. The zero-order chi connectivity index (χ0) is 24.2. The number of halogens is 6. The third-order valence-electron chi connectivity index (χ3n) is 4.66. The van der Waals surface area contributed by atoms with Gasteiger partial charge in [0, 0.05) is 24.2 Å². The molecule has 0 saturated heterocycles. The van der Waals surface area contributed by atoms with E-state index in [1.165, 1.54) is 6.07 Å². The van der Waals surface area contributed by atoms with Crippen molar-refractivity contribution in [2.75, 3.05) is 6.26 Å². The van der Waals surface area contributed by atoms with Crippen LogP contribution in [0.4, 0.5) is 26.3 Å². The van der Waals surface area contributed by atoms with Gasteiger partial charge in [-0.15, -0.1) is 0 Å². The minimum Gasteiger partial charge on any atom is -0.239 e. The first kappa shape index (κ1) is 22.7. The molecule has 4 rings (SSSR count). The molecule has 0 unspecified atom stereocenters. The normalized spacial score (nSPS) is 12.9. The summed E-state index contributed by atoms with van der Waals surface area (Å²) in [5.41, 5.74) is -1.45. The summed E-state index contributed by atoms with van der Waals surface area (Å²) >= 11 is 0. The van der Waals surface area contributed by atoms with Gasteiger partial charge in [-0.1, -0.05) is 12.1 Å². The first-order valence-corrected chi connectivity index (χ1v) is 10.9. The van der Waals surface area contributed by atoms with Gasteiger partial charge in [0.25, 0.3) is 0 Å². The molecular formula is C20H12F6N4O2S. The highest BCUT2D eigenvalue weighted by atomic mass is 32.2. The van der Waals surface area contributed by atoms with Gasteiger partial charge in [-0.2, -0.15) is 31.4 Å². The summed E-state index contributed by atoms with van der Waals surface area (Å²) in [5, 5.41) is 3.62. The van der Waals surface area contributed by atoms with E-state index in [0.717, 1.165) is 59.6 Å². The fraction of sp³-hybridized carbons (Fsp3) is 0.150. The summed E-state index contributed by atoms with van der Waals surface area (Å²) in [6.45, 7) is 0. The van der Waals surface area contributed by atoms with Crippen molar-refractivity contribution in [3.63, 3.8) is 0 Å². The fourth-order valence-electron chi connectivity index (χ4n) is 3.15. The minimum absolute atomic E-state index is 0.0150. The van der Waals surface area contributed by atoms with E-state index in [-0.39, 0.29) is 28.0 Å². The Morgan fingerprint density at radius 3 is 2.03 bits per heavy atom. The molecule has 0 spiro atoms. The van der Waals surface area contributed by atoms with Crippen LogP contribution in [-0.4, -0.2) is 34.3 Å². The monoisotopic (exact) mass is 486 g/mol. The summed E-state index contributed by atoms with van der Waals surface area (Å²) in [6, 6.07) is 7.14. The number of rotatable bonds is 3. The average Bonchev–Trinajstić information content (AvgIpc) is 3.11. The maximum atomic E-state index is 13.2. The standard InChI is InChI=1S/C20H12F6N4O2S/c1-33(31,32)18-27-9-8-14(28-18)16-15-7-6-13(20(24,25)26)10-30(15)29-17(16)11-2-4-12(5-3-11)19(21,22)23/h2-10H,1H3. The molecule has 0 N–H and O–H groups in total. The first-order chi connectivity index (χ1) is 15.2. The van der Waals surface area contributed by atoms with E-state index in [1.807, 2.05) is 0 Å². The first-order valence-electron chi connectivity index (χ1n) is 9.06. The highest BCUT2D eigenvalue weighted by Crippen LogP contribution is 2.38. The Balaban J connectivity index is 1.99. The number of hydrogen-bond donors (Lipinski definition) is 0. The van der Waals surface area contributed by atoms with Gasteiger partial charge in [-0.3, -0.25) is 0 Å². The number of benzene rings is 1. The van der Waals surface area contributed by atoms with Crippen molar-refractivity contribution in [3.8, 4) is 22.5 Å². The Morgan fingerprint density at radius 2 is 1.45 bits per heavy atom. The number of alkyl halides is 6. The van der Waals surface area contributed by atoms with Gasteiger partial charge in [-0.05, 0) is 30.3 Å². The molecule has 0 aliphatic heterocycles. The Bertz CT molecular complexity index is 1460. The van der Waals surface area contributed by atoms with E-state index in [0.29, 0.717) is 0 Å². The molecule has 0 aliphatic rings. The Kier molecular flexibility index (Phi) is 5.19. The quantitative estimate of drug-likeness (QED) is 0.304. The molecule has 3 aromatic heterocycles. The molecule has 3 heterocycles. The number of fused-ring (bicyclic) bond motifs is 1. The minimum atomic E-state index is -4.66. The molecule has 172 valence electrons. The second-order valence-electron chi connectivity index (χ2n) is 7.04. The zero-order valence-electron chi connectivity index (χ0n) is 16.5. The van der Waals surface area contributed by atoms with Gasteiger partial charge in [0.15, 0.2) is 0 Å². The second kappa shape index (κ2) is 7.54. The van der Waals surface area contributed by atoms with Gasteiger partial charge in [0.2, 0.25) is 15.0 Å². The fourth-order valence-corrected chi connectivity index (χ4v) is 3.66. The summed E-state index contributed by atoms with van der Waals surface area (Å²) in [6.07, 6.45) is -6.48. The van der Waals surface area contributed by atoms with Crippen LogP contribution in [0.5, 0.6) is 0 Å². The van der Waals surface area contributed by atoms with E-state index >= 15 is 0 Å². The lowest BCUT2D eigenvalue weighted by atomic mass is 10.0. The molecule has 0 radical (unpaired) electrons. The second-order valence-corrected chi connectivity index (χ2v) is 8.95. The summed E-state index contributed by atoms with van der Waals surface area (Å²) in [4.78, 5) is 7.68. The molecule has 0 aliphatic carbocycles. The van der Waals surface area contributed by atoms with Crippen molar-refractivity contribution in [1.82, 2.24) is 19.6 Å². The van der Waals surface area contributed by atoms with Crippen LogP contribution >= 0.6 is 0 Å². The van der Waals surface area contributed by atoms with Crippen molar-refractivity contribution < 1.29 is 34.8 Å². The molecule has 33 heavy (non-hydrogen) atoms. The van der Waals surface area contributed by atoms with Gasteiger partial charge in [0.1, 0.15) is 5.69 Å². The third kappa shape index (κ3) is 4.40. The number of aromatic nitrogens is 4. The highest BCUT2D eigenvalue weighted by molar-refractivity contribution is 7.90. The molecule has 0 amide bonds. The molecule has 4 aromatic rings. The predicted molar refractivity (Wildman–Crippen MR) is 105 cm³/mol. The Labute approximate surface area is 182 Å². The van der Waals surface area contributed by atoms with Crippen LogP contribution in [0, 0.1) is 0 Å².